The minimum atomic E-state index is 0. The van der Waals surface area contributed by atoms with E-state index in [-0.39, 0.29) is 12.4 Å². The molecule has 0 aromatic heterocycles. The monoisotopic (exact) mass is 279 g/mol. The van der Waals surface area contributed by atoms with Crippen molar-refractivity contribution in [1.82, 2.24) is 0 Å². The quantitative estimate of drug-likeness (QED) is 0.857. The number of benzene rings is 1. The van der Waals surface area contributed by atoms with Gasteiger partial charge in [-0.25, -0.2) is 0 Å². The predicted octanol–water partition coefficient (Wildman–Crippen LogP) is 2.10. The lowest BCUT2D eigenvalue weighted by Crippen LogP contribution is -2.16. The molecule has 1 heterocycles. The summed E-state index contributed by atoms with van der Waals surface area (Å²) in [4.78, 5) is 0. The van der Waals surface area contributed by atoms with Crippen molar-refractivity contribution in [2.45, 2.75) is 6.54 Å². The Morgan fingerprint density at radius 3 is 2.71 bits per heavy atom. The van der Waals surface area contributed by atoms with Crippen molar-refractivity contribution in [2.24, 2.45) is 5.73 Å². The maximum atomic E-state index is 5.53. The minimum Gasteiger partial charge on any atom is -0.486 e. The molecule has 0 saturated heterocycles. The number of rotatable bonds is 1. The number of ether oxygens (including phenoxy) is 2. The molecule has 2 rings (SSSR count). The molecule has 0 spiro atoms. The third-order valence-electron chi connectivity index (χ3n) is 1.89. The number of hydrogen-bond donors (Lipinski definition) is 1. The number of halogens is 2. The van der Waals surface area contributed by atoms with Gasteiger partial charge in [0.1, 0.15) is 13.2 Å². The summed E-state index contributed by atoms with van der Waals surface area (Å²) in [5, 5.41) is 0. The van der Waals surface area contributed by atoms with Crippen molar-refractivity contribution in [3.05, 3.63) is 22.2 Å². The van der Waals surface area contributed by atoms with E-state index >= 15 is 0 Å². The largest absolute Gasteiger partial charge is 0.486 e. The van der Waals surface area contributed by atoms with Crippen LogP contribution in [0.25, 0.3) is 0 Å². The number of nitrogens with two attached hydrogens (primary N) is 1. The van der Waals surface area contributed by atoms with Crippen LogP contribution < -0.4 is 15.2 Å². The van der Waals surface area contributed by atoms with E-state index in [1.165, 1.54) is 0 Å². The van der Waals surface area contributed by atoms with Gasteiger partial charge >= 0.3 is 0 Å². The van der Waals surface area contributed by atoms with Gasteiger partial charge in [-0.05, 0) is 33.6 Å². The highest BCUT2D eigenvalue weighted by Crippen LogP contribution is 2.38. The van der Waals surface area contributed by atoms with Crippen LogP contribution >= 0.6 is 28.3 Å². The van der Waals surface area contributed by atoms with Crippen molar-refractivity contribution >= 4 is 28.3 Å². The topological polar surface area (TPSA) is 44.5 Å². The van der Waals surface area contributed by atoms with Crippen molar-refractivity contribution in [3.8, 4) is 11.5 Å². The van der Waals surface area contributed by atoms with Gasteiger partial charge in [0.05, 0.1) is 4.47 Å². The van der Waals surface area contributed by atoms with Gasteiger partial charge in [0.2, 0.25) is 0 Å². The Morgan fingerprint density at radius 1 is 1.29 bits per heavy atom. The lowest BCUT2D eigenvalue weighted by atomic mass is 10.2. The van der Waals surface area contributed by atoms with Crippen LogP contribution in [-0.4, -0.2) is 13.2 Å². The molecule has 0 unspecified atom stereocenters. The molecule has 0 atom stereocenters. The molecule has 0 saturated carbocycles. The highest BCUT2D eigenvalue weighted by molar-refractivity contribution is 9.10. The SMILES string of the molecule is Cl.NCc1cc(Br)c2c(c1)OCCO2. The third-order valence-corrected chi connectivity index (χ3v) is 2.48. The molecule has 0 bridgehead atoms. The molecule has 0 fully saturated rings. The molecule has 0 radical (unpaired) electrons. The third kappa shape index (κ3) is 2.13. The molecule has 1 aromatic carbocycles. The van der Waals surface area contributed by atoms with Crippen LogP contribution in [0.2, 0.25) is 0 Å². The van der Waals surface area contributed by atoms with Gasteiger partial charge in [0.25, 0.3) is 0 Å². The van der Waals surface area contributed by atoms with Gasteiger partial charge in [-0.15, -0.1) is 12.4 Å². The van der Waals surface area contributed by atoms with E-state index in [2.05, 4.69) is 15.9 Å². The fourth-order valence-electron chi connectivity index (χ4n) is 1.28. The van der Waals surface area contributed by atoms with Crippen molar-refractivity contribution in [1.29, 1.82) is 0 Å². The molecule has 1 aromatic rings. The summed E-state index contributed by atoms with van der Waals surface area (Å²) in [5.74, 6) is 1.56. The zero-order chi connectivity index (χ0) is 9.26. The Kier molecular flexibility index (Phi) is 4.04. The lowest BCUT2D eigenvalue weighted by molar-refractivity contribution is 0.170. The molecule has 5 heteroatoms. The predicted molar refractivity (Wildman–Crippen MR) is 60.3 cm³/mol. The zero-order valence-corrected chi connectivity index (χ0v) is 9.86. The molecule has 2 N–H and O–H groups in total. The zero-order valence-electron chi connectivity index (χ0n) is 7.46. The first-order chi connectivity index (χ1) is 6.31. The van der Waals surface area contributed by atoms with Crippen LogP contribution in [0.4, 0.5) is 0 Å². The average Bonchev–Trinajstić information content (AvgIpc) is 2.18. The molecule has 0 amide bonds. The van der Waals surface area contributed by atoms with Gasteiger partial charge in [-0.2, -0.15) is 0 Å². The standard InChI is InChI=1S/C9H10BrNO2.ClH/c10-7-3-6(5-11)4-8-9(7)13-2-1-12-8;/h3-4H,1-2,5,11H2;1H. The fourth-order valence-corrected chi connectivity index (χ4v) is 1.89. The van der Waals surface area contributed by atoms with E-state index in [0.29, 0.717) is 19.8 Å². The summed E-state index contributed by atoms with van der Waals surface area (Å²) in [6.07, 6.45) is 0. The van der Waals surface area contributed by atoms with E-state index in [9.17, 15) is 0 Å². The van der Waals surface area contributed by atoms with Crippen molar-refractivity contribution in [3.63, 3.8) is 0 Å². The Hall–Kier alpha value is -0.450. The average molecular weight is 281 g/mol. The molecule has 1 aliphatic heterocycles. The maximum Gasteiger partial charge on any atom is 0.175 e. The summed E-state index contributed by atoms with van der Waals surface area (Å²) in [7, 11) is 0. The number of fused-ring (bicyclic) bond motifs is 1. The van der Waals surface area contributed by atoms with Gasteiger partial charge in [-0.1, -0.05) is 0 Å². The second-order valence-corrected chi connectivity index (χ2v) is 3.66. The normalized spacial score (nSPS) is 13.3. The first kappa shape index (κ1) is 11.6. The minimum absolute atomic E-state index is 0. The fraction of sp³-hybridized carbons (Fsp3) is 0.333. The Labute approximate surface area is 97.1 Å². The summed E-state index contributed by atoms with van der Waals surface area (Å²) in [6, 6.07) is 3.87. The van der Waals surface area contributed by atoms with Crippen LogP contribution in [-0.2, 0) is 6.54 Å². The van der Waals surface area contributed by atoms with E-state index in [1.807, 2.05) is 12.1 Å². The molecule has 3 nitrogen and oxygen atoms in total. The second kappa shape index (κ2) is 4.87. The lowest BCUT2D eigenvalue weighted by Gasteiger charge is -2.20. The molecular weight excluding hydrogens is 269 g/mol. The van der Waals surface area contributed by atoms with Crippen LogP contribution in [0.15, 0.2) is 16.6 Å². The van der Waals surface area contributed by atoms with Crippen LogP contribution in [0.5, 0.6) is 11.5 Å². The van der Waals surface area contributed by atoms with E-state index in [0.717, 1.165) is 21.5 Å². The first-order valence-corrected chi connectivity index (χ1v) is 4.88. The Morgan fingerprint density at radius 2 is 2.00 bits per heavy atom. The molecule has 78 valence electrons. The van der Waals surface area contributed by atoms with Crippen LogP contribution in [0.1, 0.15) is 5.56 Å². The highest BCUT2D eigenvalue weighted by atomic mass is 79.9. The first-order valence-electron chi connectivity index (χ1n) is 4.09. The van der Waals surface area contributed by atoms with Crippen molar-refractivity contribution in [2.75, 3.05) is 13.2 Å². The summed E-state index contributed by atoms with van der Waals surface area (Å²) >= 11 is 3.41. The van der Waals surface area contributed by atoms with Gasteiger partial charge in [0, 0.05) is 6.54 Å². The Bertz CT molecular complexity index is 333. The van der Waals surface area contributed by atoms with Gasteiger partial charge in [-0.3, -0.25) is 0 Å². The van der Waals surface area contributed by atoms with E-state index < -0.39 is 0 Å². The van der Waals surface area contributed by atoms with Crippen LogP contribution in [0, 0.1) is 0 Å². The van der Waals surface area contributed by atoms with E-state index in [1.54, 1.807) is 0 Å². The molecule has 0 aliphatic carbocycles. The molecular formula is C9H11BrClNO2. The highest BCUT2D eigenvalue weighted by Gasteiger charge is 2.15. The van der Waals surface area contributed by atoms with E-state index in [4.69, 9.17) is 15.2 Å². The molecule has 14 heavy (non-hydrogen) atoms. The van der Waals surface area contributed by atoms with Gasteiger partial charge < -0.3 is 15.2 Å². The molecule has 1 aliphatic rings. The second-order valence-electron chi connectivity index (χ2n) is 2.81. The van der Waals surface area contributed by atoms with Crippen molar-refractivity contribution < 1.29 is 9.47 Å². The van der Waals surface area contributed by atoms with Crippen LogP contribution in [0.3, 0.4) is 0 Å². The van der Waals surface area contributed by atoms with Gasteiger partial charge in [0.15, 0.2) is 11.5 Å². The summed E-state index contributed by atoms with van der Waals surface area (Å²) in [6.45, 7) is 1.72. The Balaban J connectivity index is 0.000000980. The smallest absolute Gasteiger partial charge is 0.175 e. The summed E-state index contributed by atoms with van der Waals surface area (Å²) in [5.41, 5.74) is 6.57. The summed E-state index contributed by atoms with van der Waals surface area (Å²) < 4.78 is 11.8. The number of hydrogen-bond acceptors (Lipinski definition) is 3. The maximum absolute atomic E-state index is 5.53.